The van der Waals surface area contributed by atoms with Crippen LogP contribution in [0.1, 0.15) is 55.9 Å². The third-order valence-electron chi connectivity index (χ3n) is 13.1. The van der Waals surface area contributed by atoms with E-state index in [2.05, 4.69) is 25.8 Å². The second kappa shape index (κ2) is 16.5. The molecule has 0 saturated carbocycles. The van der Waals surface area contributed by atoms with Gasteiger partial charge in [0.25, 0.3) is 5.91 Å². The minimum atomic E-state index is -1.18. The van der Waals surface area contributed by atoms with E-state index in [1.807, 2.05) is 129 Å². The fourth-order valence-corrected chi connectivity index (χ4v) is 10.2. The molecule has 4 bridgehead atoms. The Morgan fingerprint density at radius 1 is 0.794 bits per heavy atom. The van der Waals surface area contributed by atoms with Crippen LogP contribution in [0.15, 0.2) is 115 Å². The van der Waals surface area contributed by atoms with Gasteiger partial charge in [-0.05, 0) is 54.5 Å². The van der Waals surface area contributed by atoms with Gasteiger partial charge in [0.1, 0.15) is 41.9 Å². The zero-order valence-electron chi connectivity index (χ0n) is 35.5. The van der Waals surface area contributed by atoms with Crippen molar-refractivity contribution in [3.8, 4) is 0 Å². The van der Waals surface area contributed by atoms with Crippen LogP contribution >= 0.6 is 0 Å². The first-order valence-corrected chi connectivity index (χ1v) is 21.7. The number of fused-ring (bicyclic) bond motifs is 8. The monoisotopic (exact) mass is 848 g/mol. The molecule has 1 spiro atoms. The summed E-state index contributed by atoms with van der Waals surface area (Å²) < 4.78 is 2.11. The zero-order chi connectivity index (χ0) is 44.2. The van der Waals surface area contributed by atoms with Crippen LogP contribution in [0.5, 0.6) is 0 Å². The van der Waals surface area contributed by atoms with Crippen LogP contribution in [0, 0.1) is 5.92 Å². The van der Waals surface area contributed by atoms with Gasteiger partial charge in [0.05, 0.1) is 11.7 Å². The first-order chi connectivity index (χ1) is 30.3. The number of anilines is 1. The van der Waals surface area contributed by atoms with E-state index in [0.29, 0.717) is 11.3 Å². The second-order valence-corrected chi connectivity index (χ2v) is 17.8. The Hall–Kier alpha value is -6.80. The minimum Gasteiger partial charge on any atom is -0.343 e. The van der Waals surface area contributed by atoms with Crippen molar-refractivity contribution in [2.24, 2.45) is 11.7 Å². The Morgan fingerprint density at radius 2 is 1.46 bits per heavy atom. The minimum absolute atomic E-state index is 0.0118. The summed E-state index contributed by atoms with van der Waals surface area (Å²) in [5, 5.41) is 12.4. The molecule has 6 unspecified atom stereocenters. The molecule has 4 aromatic carbocycles. The number of carbonyl (C=O) groups excluding carboxylic acids is 6. The molecule has 14 heteroatoms. The molecule has 63 heavy (non-hydrogen) atoms. The lowest BCUT2D eigenvalue weighted by molar-refractivity contribution is -0.147. The molecule has 4 aliphatic heterocycles. The van der Waals surface area contributed by atoms with Gasteiger partial charge in [-0.15, -0.1) is 0 Å². The lowest BCUT2D eigenvalue weighted by Crippen LogP contribution is -2.68. The van der Waals surface area contributed by atoms with E-state index in [9.17, 15) is 24.0 Å². The predicted molar refractivity (Wildman–Crippen MR) is 237 cm³/mol. The van der Waals surface area contributed by atoms with Crippen LogP contribution < -0.4 is 31.9 Å². The van der Waals surface area contributed by atoms with Gasteiger partial charge in [-0.1, -0.05) is 111 Å². The molecule has 2 fully saturated rings. The number of benzene rings is 4. The molecule has 0 radical (unpaired) electrons. The number of rotatable bonds is 8. The fraction of sp³-hybridized carbons (Fsp3) is 0.347. The average molecular weight is 849 g/mol. The van der Waals surface area contributed by atoms with Crippen molar-refractivity contribution in [1.82, 2.24) is 30.7 Å². The number of nitrogens with two attached hydrogens (primary N) is 1. The number of nitrogens with one attached hydrogen (secondary N) is 4. The van der Waals surface area contributed by atoms with Crippen LogP contribution in [0.4, 0.5) is 5.69 Å². The van der Waals surface area contributed by atoms with Gasteiger partial charge in [0.15, 0.2) is 0 Å². The first-order valence-electron chi connectivity index (χ1n) is 21.7. The number of amides is 6. The molecule has 0 aliphatic carbocycles. The summed E-state index contributed by atoms with van der Waals surface area (Å²) in [6.07, 6.45) is 1.95. The topological polar surface area (TPSA) is 188 Å². The van der Waals surface area contributed by atoms with Gasteiger partial charge in [-0.25, -0.2) is 0 Å². The van der Waals surface area contributed by atoms with Crippen molar-refractivity contribution in [2.45, 2.75) is 101 Å². The quantitative estimate of drug-likeness (QED) is 0.159. The third-order valence-corrected chi connectivity index (χ3v) is 13.1. The number of piperidine rings is 1. The SMILES string of the molecule is CC(C)C[C@@H]1NC(=O)[C@H](C)NC(=O)C(NC(=O)C(N)Cc2ccccc2)Cc2cn(c3ccccc23)C23CC(NC1=O)C(=O)N1C(Cc4ccccc4)C(=O)N(c4ccccc42)C13. The summed E-state index contributed by atoms with van der Waals surface area (Å²) in [5.41, 5.74) is 9.97. The molecule has 1 aromatic heterocycles. The van der Waals surface area contributed by atoms with Crippen molar-refractivity contribution in [1.29, 1.82) is 0 Å². The standard InChI is InChI=1S/C49H52N8O6/c1-28(2)22-36-45(61)54-38-26-49(34-19-11-13-21-40(34)56-47(63)41(57(46(38)62)48(49)56)24-31-16-8-5-9-17-31)55-27-32(33-18-10-12-20-39(33)55)25-37(44(60)51-29(3)42(58)52-36)53-43(59)35(50)23-30-14-6-4-7-15-30/h4-21,27-29,35-38,41,48H,22-26,50H2,1-3H3,(H,51,60)(H,52,58)(H,53,59)(H,54,61)/t29-,35?,36-,37?,38?,41?,48?,49?/m0/s1. The Bertz CT molecular complexity index is 2610. The average Bonchev–Trinajstić information content (AvgIpc) is 3.89. The number of hydrogen-bond donors (Lipinski definition) is 5. The molecule has 6 N–H and O–H groups in total. The highest BCUT2D eigenvalue weighted by atomic mass is 16.2. The maximum atomic E-state index is 15.2. The van der Waals surface area contributed by atoms with Crippen molar-refractivity contribution in [2.75, 3.05) is 4.90 Å². The third kappa shape index (κ3) is 7.31. The lowest BCUT2D eigenvalue weighted by atomic mass is 9.78. The van der Waals surface area contributed by atoms with E-state index in [0.717, 1.165) is 27.6 Å². The van der Waals surface area contributed by atoms with Crippen molar-refractivity contribution in [3.63, 3.8) is 0 Å². The summed E-state index contributed by atoms with van der Waals surface area (Å²) in [6, 6.07) is 28.0. The van der Waals surface area contributed by atoms with E-state index < -0.39 is 77.5 Å². The van der Waals surface area contributed by atoms with Gasteiger partial charge in [0, 0.05) is 41.9 Å². The number of para-hydroxylation sites is 2. The van der Waals surface area contributed by atoms with E-state index in [-0.39, 0.29) is 43.9 Å². The molecule has 2 saturated heterocycles. The van der Waals surface area contributed by atoms with Crippen molar-refractivity contribution in [3.05, 3.63) is 138 Å². The Balaban J connectivity index is 1.22. The van der Waals surface area contributed by atoms with E-state index >= 15 is 4.79 Å². The molecule has 6 amide bonds. The molecule has 8 atom stereocenters. The van der Waals surface area contributed by atoms with Crippen LogP contribution in [0.3, 0.4) is 0 Å². The predicted octanol–water partition coefficient (Wildman–Crippen LogP) is 3.05. The van der Waals surface area contributed by atoms with Gasteiger partial charge < -0.3 is 36.5 Å². The van der Waals surface area contributed by atoms with Gasteiger partial charge in [-0.2, -0.15) is 0 Å². The number of aromatic nitrogens is 1. The molecular formula is C49H52N8O6. The van der Waals surface area contributed by atoms with Crippen LogP contribution in [0.25, 0.3) is 10.9 Å². The summed E-state index contributed by atoms with van der Waals surface area (Å²) >= 11 is 0. The molecule has 4 aliphatic rings. The Morgan fingerprint density at radius 3 is 2.19 bits per heavy atom. The molecule has 324 valence electrons. The second-order valence-electron chi connectivity index (χ2n) is 17.8. The summed E-state index contributed by atoms with van der Waals surface area (Å²) in [6.45, 7) is 5.36. The number of carbonyl (C=O) groups is 6. The van der Waals surface area contributed by atoms with Gasteiger partial charge >= 0.3 is 0 Å². The Labute approximate surface area is 365 Å². The van der Waals surface area contributed by atoms with Crippen LogP contribution in [-0.4, -0.2) is 87.3 Å². The largest absolute Gasteiger partial charge is 0.343 e. The normalized spacial score (nSPS) is 26.2. The molecule has 5 aromatic rings. The van der Waals surface area contributed by atoms with E-state index in [1.54, 1.807) is 9.80 Å². The smallest absolute Gasteiger partial charge is 0.252 e. The number of nitrogens with zero attached hydrogens (tertiary/aromatic N) is 3. The van der Waals surface area contributed by atoms with Gasteiger partial charge in [-0.3, -0.25) is 33.7 Å². The maximum Gasteiger partial charge on any atom is 0.252 e. The zero-order valence-corrected chi connectivity index (χ0v) is 35.5. The van der Waals surface area contributed by atoms with Gasteiger partial charge in [0.2, 0.25) is 29.5 Å². The highest BCUT2D eigenvalue weighted by Gasteiger charge is 2.68. The van der Waals surface area contributed by atoms with E-state index in [4.69, 9.17) is 5.73 Å². The van der Waals surface area contributed by atoms with Crippen molar-refractivity contribution < 1.29 is 28.8 Å². The maximum absolute atomic E-state index is 15.2. The highest BCUT2D eigenvalue weighted by Crippen LogP contribution is 2.57. The van der Waals surface area contributed by atoms with E-state index in [1.165, 1.54) is 6.92 Å². The van der Waals surface area contributed by atoms with Crippen molar-refractivity contribution >= 4 is 52.0 Å². The molecule has 5 heterocycles. The Kier molecular flexibility index (Phi) is 10.9. The van der Waals surface area contributed by atoms with Crippen LogP contribution in [-0.2, 0) is 53.6 Å². The molecule has 14 nitrogen and oxygen atoms in total. The first kappa shape index (κ1) is 41.5. The summed E-state index contributed by atoms with van der Waals surface area (Å²) in [7, 11) is 0. The molecular weight excluding hydrogens is 797 g/mol. The highest BCUT2D eigenvalue weighted by molar-refractivity contribution is 6.08. The summed E-state index contributed by atoms with van der Waals surface area (Å²) in [4.78, 5) is 90.3. The number of hydrogen-bond acceptors (Lipinski definition) is 7. The fourth-order valence-electron chi connectivity index (χ4n) is 10.2. The summed E-state index contributed by atoms with van der Waals surface area (Å²) in [5.74, 6) is -2.98. The van der Waals surface area contributed by atoms with Crippen LogP contribution in [0.2, 0.25) is 0 Å². The molecule has 9 rings (SSSR count). The lowest BCUT2D eigenvalue weighted by Gasteiger charge is -2.49.